The number of hydrogen-bond donors (Lipinski definition) is 3. The van der Waals surface area contributed by atoms with Gasteiger partial charge in [0.05, 0.1) is 12.2 Å². The molecule has 7 nitrogen and oxygen atoms in total. The standard InChI is InChI=1S/C11H14N4O3/c12-8-9(13-4-14-10(8)16)15-5-1-2-7(15)6(3-5)11(17)18/h4-7H,1-3,12H2,(H,17,18)(H,13,14,16). The number of aromatic nitrogens is 2. The third kappa shape index (κ3) is 1.40. The van der Waals surface area contributed by atoms with Crippen molar-refractivity contribution in [3.8, 4) is 0 Å². The summed E-state index contributed by atoms with van der Waals surface area (Å²) in [5.74, 6) is -0.741. The number of carbonyl (C=O) groups is 1. The normalized spacial score (nSPS) is 29.8. The average Bonchev–Trinajstić information content (AvgIpc) is 2.90. The van der Waals surface area contributed by atoms with Crippen molar-refractivity contribution in [3.63, 3.8) is 0 Å². The Hall–Kier alpha value is -2.05. The van der Waals surface area contributed by atoms with Crippen LogP contribution >= 0.6 is 0 Å². The molecule has 0 radical (unpaired) electrons. The molecule has 4 N–H and O–H groups in total. The van der Waals surface area contributed by atoms with Gasteiger partial charge < -0.3 is 20.7 Å². The molecule has 0 aromatic carbocycles. The lowest BCUT2D eigenvalue weighted by Crippen LogP contribution is -2.35. The molecular weight excluding hydrogens is 236 g/mol. The van der Waals surface area contributed by atoms with Gasteiger partial charge >= 0.3 is 5.97 Å². The Bertz CT molecular complexity index is 555. The van der Waals surface area contributed by atoms with Crippen molar-refractivity contribution in [2.24, 2.45) is 5.92 Å². The van der Waals surface area contributed by atoms with Crippen LogP contribution in [-0.4, -0.2) is 33.1 Å². The Labute approximate surface area is 103 Å². The monoisotopic (exact) mass is 250 g/mol. The number of aromatic amines is 1. The highest BCUT2D eigenvalue weighted by Gasteiger charge is 2.50. The number of nitrogens with one attached hydrogen (secondary N) is 1. The molecule has 3 rings (SSSR count). The molecule has 1 aromatic heterocycles. The van der Waals surface area contributed by atoms with E-state index < -0.39 is 5.97 Å². The van der Waals surface area contributed by atoms with Crippen LogP contribution in [0.5, 0.6) is 0 Å². The zero-order valence-corrected chi connectivity index (χ0v) is 9.67. The Balaban J connectivity index is 2.01. The maximum absolute atomic E-state index is 11.5. The smallest absolute Gasteiger partial charge is 0.308 e. The van der Waals surface area contributed by atoms with Crippen LogP contribution in [0.25, 0.3) is 0 Å². The predicted octanol–water partition coefficient (Wildman–Crippen LogP) is -0.206. The fraction of sp³-hybridized carbons (Fsp3) is 0.545. The summed E-state index contributed by atoms with van der Waals surface area (Å²) in [6, 6.07) is 0.0387. The Morgan fingerprint density at radius 2 is 2.33 bits per heavy atom. The van der Waals surface area contributed by atoms with E-state index in [2.05, 4.69) is 9.97 Å². The van der Waals surface area contributed by atoms with Crippen LogP contribution in [0.4, 0.5) is 11.5 Å². The van der Waals surface area contributed by atoms with E-state index in [1.807, 2.05) is 4.90 Å². The second kappa shape index (κ2) is 3.72. The lowest BCUT2D eigenvalue weighted by atomic mass is 9.89. The number of carboxylic acid groups (broad SMARTS) is 1. The minimum atomic E-state index is -0.782. The molecule has 96 valence electrons. The van der Waals surface area contributed by atoms with Crippen LogP contribution in [0, 0.1) is 5.92 Å². The Morgan fingerprint density at radius 3 is 3.00 bits per heavy atom. The maximum Gasteiger partial charge on any atom is 0.308 e. The van der Waals surface area contributed by atoms with Crippen molar-refractivity contribution in [2.75, 3.05) is 10.6 Å². The summed E-state index contributed by atoms with van der Waals surface area (Å²) in [5.41, 5.74) is 5.43. The molecule has 18 heavy (non-hydrogen) atoms. The van der Waals surface area contributed by atoms with Crippen LogP contribution in [0.2, 0.25) is 0 Å². The van der Waals surface area contributed by atoms with E-state index in [1.54, 1.807) is 0 Å². The molecule has 2 saturated heterocycles. The first kappa shape index (κ1) is 11.1. The minimum Gasteiger partial charge on any atom is -0.481 e. The summed E-state index contributed by atoms with van der Waals surface area (Å²) in [6.45, 7) is 0. The van der Waals surface area contributed by atoms with Gasteiger partial charge in [0.25, 0.3) is 5.56 Å². The number of aliphatic carboxylic acids is 1. The Morgan fingerprint density at radius 1 is 1.56 bits per heavy atom. The van der Waals surface area contributed by atoms with E-state index in [0.29, 0.717) is 12.2 Å². The summed E-state index contributed by atoms with van der Waals surface area (Å²) in [5, 5.41) is 9.18. The van der Waals surface area contributed by atoms with E-state index >= 15 is 0 Å². The van der Waals surface area contributed by atoms with E-state index in [4.69, 9.17) is 5.73 Å². The fourth-order valence-corrected chi connectivity index (χ4v) is 3.19. The van der Waals surface area contributed by atoms with Gasteiger partial charge in [-0.2, -0.15) is 0 Å². The van der Waals surface area contributed by atoms with Crippen molar-refractivity contribution < 1.29 is 9.90 Å². The topological polar surface area (TPSA) is 112 Å². The molecule has 1 aromatic rings. The average molecular weight is 250 g/mol. The van der Waals surface area contributed by atoms with Gasteiger partial charge in [-0.05, 0) is 19.3 Å². The van der Waals surface area contributed by atoms with E-state index in [-0.39, 0.29) is 29.2 Å². The number of nitrogens with two attached hydrogens (primary N) is 1. The Kier molecular flexibility index (Phi) is 2.29. The van der Waals surface area contributed by atoms with Gasteiger partial charge in [-0.3, -0.25) is 9.59 Å². The molecule has 0 aliphatic carbocycles. The molecule has 3 heterocycles. The van der Waals surface area contributed by atoms with Crippen LogP contribution in [0.3, 0.4) is 0 Å². The highest BCUT2D eigenvalue weighted by atomic mass is 16.4. The molecule has 3 unspecified atom stereocenters. The first-order valence-corrected chi connectivity index (χ1v) is 5.94. The highest BCUT2D eigenvalue weighted by molar-refractivity contribution is 5.75. The van der Waals surface area contributed by atoms with E-state index in [0.717, 1.165) is 12.8 Å². The lowest BCUT2D eigenvalue weighted by molar-refractivity contribution is -0.142. The molecule has 0 spiro atoms. The van der Waals surface area contributed by atoms with Gasteiger partial charge in [0.15, 0.2) is 5.82 Å². The lowest BCUT2D eigenvalue weighted by Gasteiger charge is -2.24. The first-order valence-electron chi connectivity index (χ1n) is 5.94. The summed E-state index contributed by atoms with van der Waals surface area (Å²) >= 11 is 0. The van der Waals surface area contributed by atoms with Crippen LogP contribution in [0.15, 0.2) is 11.1 Å². The zero-order chi connectivity index (χ0) is 12.9. The summed E-state index contributed by atoms with van der Waals surface area (Å²) in [7, 11) is 0. The summed E-state index contributed by atoms with van der Waals surface area (Å²) < 4.78 is 0. The van der Waals surface area contributed by atoms with Crippen molar-refractivity contribution in [1.29, 1.82) is 0 Å². The largest absolute Gasteiger partial charge is 0.481 e. The van der Waals surface area contributed by atoms with Gasteiger partial charge in [0, 0.05) is 12.1 Å². The van der Waals surface area contributed by atoms with E-state index in [1.165, 1.54) is 6.33 Å². The maximum atomic E-state index is 11.5. The number of nitrogens with zero attached hydrogens (tertiary/aromatic N) is 2. The number of nitrogen functional groups attached to an aromatic ring is 1. The van der Waals surface area contributed by atoms with Crippen molar-refractivity contribution >= 4 is 17.5 Å². The second-order valence-corrected chi connectivity index (χ2v) is 4.86. The van der Waals surface area contributed by atoms with Crippen LogP contribution in [0.1, 0.15) is 19.3 Å². The second-order valence-electron chi connectivity index (χ2n) is 4.86. The third-order valence-corrected chi connectivity index (χ3v) is 3.97. The molecule has 2 aliphatic heterocycles. The fourth-order valence-electron chi connectivity index (χ4n) is 3.19. The molecule has 2 bridgehead atoms. The van der Waals surface area contributed by atoms with Gasteiger partial charge in [-0.25, -0.2) is 4.98 Å². The number of fused-ring (bicyclic) bond motifs is 2. The molecule has 2 aliphatic rings. The number of anilines is 2. The van der Waals surface area contributed by atoms with Crippen molar-refractivity contribution in [3.05, 3.63) is 16.7 Å². The first-order chi connectivity index (χ1) is 8.59. The number of rotatable bonds is 2. The van der Waals surface area contributed by atoms with Crippen molar-refractivity contribution in [1.82, 2.24) is 9.97 Å². The van der Waals surface area contributed by atoms with Gasteiger partial charge in [0.1, 0.15) is 5.69 Å². The molecule has 0 saturated carbocycles. The van der Waals surface area contributed by atoms with Crippen LogP contribution in [-0.2, 0) is 4.79 Å². The molecule has 2 fully saturated rings. The predicted molar refractivity (Wildman–Crippen MR) is 64.3 cm³/mol. The highest BCUT2D eigenvalue weighted by Crippen LogP contribution is 2.44. The number of carboxylic acids is 1. The molecular formula is C11H14N4O3. The van der Waals surface area contributed by atoms with Gasteiger partial charge in [-0.1, -0.05) is 0 Å². The zero-order valence-electron chi connectivity index (χ0n) is 9.67. The molecule has 0 amide bonds. The minimum absolute atomic E-state index is 0.0699. The molecule has 3 atom stereocenters. The summed E-state index contributed by atoms with van der Waals surface area (Å²) in [6.07, 6.45) is 3.66. The van der Waals surface area contributed by atoms with E-state index in [9.17, 15) is 14.7 Å². The van der Waals surface area contributed by atoms with Crippen molar-refractivity contribution in [2.45, 2.75) is 31.3 Å². The summed E-state index contributed by atoms with van der Waals surface area (Å²) in [4.78, 5) is 31.1. The van der Waals surface area contributed by atoms with Gasteiger partial charge in [0.2, 0.25) is 0 Å². The third-order valence-electron chi connectivity index (χ3n) is 3.97. The number of H-pyrrole nitrogens is 1. The molecule has 7 heteroatoms. The quantitative estimate of drug-likeness (QED) is 0.669. The number of hydrogen-bond acceptors (Lipinski definition) is 5. The SMILES string of the molecule is Nc1c(N2C3CCC2C(C(=O)O)C3)nc[nH]c1=O. The van der Waals surface area contributed by atoms with Gasteiger partial charge in [-0.15, -0.1) is 0 Å². The van der Waals surface area contributed by atoms with Crippen LogP contribution < -0.4 is 16.2 Å².